The highest BCUT2D eigenvalue weighted by molar-refractivity contribution is 5.87. The van der Waals surface area contributed by atoms with Crippen LogP contribution < -0.4 is 10.1 Å². The molecule has 0 aliphatic heterocycles. The molecular weight excluding hydrogens is 388 g/mol. The van der Waals surface area contributed by atoms with E-state index in [1.54, 1.807) is 4.90 Å². The Bertz CT molecular complexity index is 833. The van der Waals surface area contributed by atoms with Crippen LogP contribution in [0.1, 0.15) is 56.2 Å². The summed E-state index contributed by atoms with van der Waals surface area (Å²) >= 11 is 0. The highest BCUT2D eigenvalue weighted by atomic mass is 16.5. The van der Waals surface area contributed by atoms with Crippen LogP contribution in [0.3, 0.4) is 0 Å². The summed E-state index contributed by atoms with van der Waals surface area (Å²) in [5.74, 6) is 0.705. The van der Waals surface area contributed by atoms with Crippen LogP contribution in [0.5, 0.6) is 5.75 Å². The molecule has 0 radical (unpaired) electrons. The van der Waals surface area contributed by atoms with E-state index in [9.17, 15) is 9.59 Å². The van der Waals surface area contributed by atoms with Gasteiger partial charge in [0.05, 0.1) is 6.61 Å². The second-order valence-electron chi connectivity index (χ2n) is 7.93. The lowest BCUT2D eigenvalue weighted by Crippen LogP contribution is -2.49. The number of benzene rings is 2. The second-order valence-corrected chi connectivity index (χ2v) is 7.93. The van der Waals surface area contributed by atoms with Gasteiger partial charge >= 0.3 is 0 Å². The highest BCUT2D eigenvalue weighted by Gasteiger charge is 2.28. The van der Waals surface area contributed by atoms with Crippen molar-refractivity contribution in [3.05, 3.63) is 65.2 Å². The number of carbonyl (C=O) groups is 2. The summed E-state index contributed by atoms with van der Waals surface area (Å²) in [6.07, 6.45) is 2.39. The van der Waals surface area contributed by atoms with Gasteiger partial charge in [0.25, 0.3) is 0 Å². The van der Waals surface area contributed by atoms with Crippen LogP contribution >= 0.6 is 0 Å². The topological polar surface area (TPSA) is 58.6 Å². The van der Waals surface area contributed by atoms with E-state index >= 15 is 0 Å². The van der Waals surface area contributed by atoms with E-state index in [0.29, 0.717) is 39.0 Å². The zero-order valence-electron chi connectivity index (χ0n) is 19.3. The number of aryl methyl sites for hydroxylation is 2. The van der Waals surface area contributed by atoms with Crippen LogP contribution in [0.15, 0.2) is 48.5 Å². The molecule has 0 aromatic heterocycles. The van der Waals surface area contributed by atoms with E-state index in [-0.39, 0.29) is 11.8 Å². The third-order valence-corrected chi connectivity index (χ3v) is 5.36. The number of hydrogen-bond donors (Lipinski definition) is 1. The molecule has 0 spiro atoms. The normalized spacial score (nSPS) is 11.6. The first-order chi connectivity index (χ1) is 15.0. The van der Waals surface area contributed by atoms with Crippen LogP contribution in [0.4, 0.5) is 0 Å². The largest absolute Gasteiger partial charge is 0.494 e. The molecule has 1 N–H and O–H groups in total. The first-order valence-electron chi connectivity index (χ1n) is 11.3. The Morgan fingerprint density at radius 2 is 1.74 bits per heavy atom. The van der Waals surface area contributed by atoms with Gasteiger partial charge in [-0.2, -0.15) is 0 Å². The number of rotatable bonds is 12. The molecule has 5 heteroatoms. The molecule has 31 heavy (non-hydrogen) atoms. The Labute approximate surface area is 186 Å². The molecule has 1 atom stereocenters. The standard InChI is InChI=1S/C26H36N2O3/c1-5-17-27-26(30)24(6-2)28(19-22-11-8-7-10-21(22)4)25(29)12-9-18-31-23-15-13-20(3)14-16-23/h7-8,10-11,13-16,24H,5-6,9,12,17-19H2,1-4H3,(H,27,30)/t24-/m1/s1. The lowest BCUT2D eigenvalue weighted by atomic mass is 10.1. The van der Waals surface area contributed by atoms with Gasteiger partial charge in [-0.25, -0.2) is 0 Å². The predicted octanol–water partition coefficient (Wildman–Crippen LogP) is 4.80. The van der Waals surface area contributed by atoms with Gasteiger partial charge in [0.2, 0.25) is 11.8 Å². The number of carbonyl (C=O) groups excluding carboxylic acids is 2. The minimum Gasteiger partial charge on any atom is -0.494 e. The van der Waals surface area contributed by atoms with Crippen LogP contribution in [0, 0.1) is 13.8 Å². The maximum Gasteiger partial charge on any atom is 0.242 e. The van der Waals surface area contributed by atoms with Crippen molar-refractivity contribution in [2.24, 2.45) is 0 Å². The molecule has 168 valence electrons. The van der Waals surface area contributed by atoms with Crippen LogP contribution in [-0.4, -0.2) is 35.9 Å². The van der Waals surface area contributed by atoms with E-state index in [0.717, 1.165) is 23.3 Å². The van der Waals surface area contributed by atoms with Crippen LogP contribution in [0.2, 0.25) is 0 Å². The molecule has 0 unspecified atom stereocenters. The summed E-state index contributed by atoms with van der Waals surface area (Å²) in [5, 5.41) is 2.95. The fraction of sp³-hybridized carbons (Fsp3) is 0.462. The minimum absolute atomic E-state index is 0.0192. The lowest BCUT2D eigenvalue weighted by Gasteiger charge is -2.31. The first kappa shape index (κ1) is 24.4. The summed E-state index contributed by atoms with van der Waals surface area (Å²) in [4.78, 5) is 27.7. The lowest BCUT2D eigenvalue weighted by molar-refractivity contribution is -0.141. The molecule has 2 aromatic rings. The van der Waals surface area contributed by atoms with Gasteiger partial charge in [-0.05, 0) is 56.4 Å². The van der Waals surface area contributed by atoms with Crippen LogP contribution in [0.25, 0.3) is 0 Å². The summed E-state index contributed by atoms with van der Waals surface area (Å²) in [6.45, 7) is 9.55. The molecular formula is C26H36N2O3. The van der Waals surface area contributed by atoms with Gasteiger partial charge in [-0.15, -0.1) is 0 Å². The van der Waals surface area contributed by atoms with Crippen LogP contribution in [-0.2, 0) is 16.1 Å². The fourth-order valence-electron chi connectivity index (χ4n) is 3.45. The number of amides is 2. The molecule has 2 rings (SSSR count). The van der Waals surface area contributed by atoms with E-state index < -0.39 is 6.04 Å². The van der Waals surface area contributed by atoms with Crippen molar-refractivity contribution in [1.82, 2.24) is 10.2 Å². The van der Waals surface area contributed by atoms with Crippen molar-refractivity contribution in [2.75, 3.05) is 13.2 Å². The maximum atomic E-state index is 13.2. The number of nitrogens with one attached hydrogen (secondary N) is 1. The molecule has 2 aromatic carbocycles. The minimum atomic E-state index is -0.475. The molecule has 0 bridgehead atoms. The van der Waals surface area contributed by atoms with Gasteiger partial charge in [0.1, 0.15) is 11.8 Å². The van der Waals surface area contributed by atoms with Crippen molar-refractivity contribution in [3.8, 4) is 5.75 Å². The van der Waals surface area contributed by atoms with Gasteiger partial charge in [-0.1, -0.05) is 55.8 Å². The molecule has 0 saturated heterocycles. The molecule has 0 saturated carbocycles. The van der Waals surface area contributed by atoms with E-state index in [1.165, 1.54) is 5.56 Å². The molecule has 5 nitrogen and oxygen atoms in total. The zero-order chi connectivity index (χ0) is 22.6. The van der Waals surface area contributed by atoms with E-state index in [4.69, 9.17) is 4.74 Å². The number of hydrogen-bond acceptors (Lipinski definition) is 3. The summed E-state index contributed by atoms with van der Waals surface area (Å²) in [5.41, 5.74) is 3.36. The monoisotopic (exact) mass is 424 g/mol. The Morgan fingerprint density at radius 3 is 2.39 bits per heavy atom. The summed E-state index contributed by atoms with van der Waals surface area (Å²) in [6, 6.07) is 15.4. The molecule has 0 aliphatic carbocycles. The molecule has 2 amide bonds. The molecule has 0 fully saturated rings. The third-order valence-electron chi connectivity index (χ3n) is 5.36. The van der Waals surface area contributed by atoms with Crippen molar-refractivity contribution in [1.29, 1.82) is 0 Å². The third kappa shape index (κ3) is 7.74. The Kier molecular flexibility index (Phi) is 10.1. The number of ether oxygens (including phenoxy) is 1. The Balaban J connectivity index is 2.04. The van der Waals surface area contributed by atoms with Gasteiger partial charge in [0.15, 0.2) is 0 Å². The smallest absolute Gasteiger partial charge is 0.242 e. The zero-order valence-corrected chi connectivity index (χ0v) is 19.3. The average molecular weight is 425 g/mol. The number of nitrogens with zero attached hydrogens (tertiary/aromatic N) is 1. The van der Waals surface area contributed by atoms with Crippen molar-refractivity contribution >= 4 is 11.8 Å². The average Bonchev–Trinajstić information content (AvgIpc) is 2.77. The second kappa shape index (κ2) is 12.8. The van der Waals surface area contributed by atoms with Gasteiger partial charge < -0.3 is 15.0 Å². The Morgan fingerprint density at radius 1 is 1.03 bits per heavy atom. The van der Waals surface area contributed by atoms with Crippen molar-refractivity contribution < 1.29 is 14.3 Å². The predicted molar refractivity (Wildman–Crippen MR) is 125 cm³/mol. The quantitative estimate of drug-likeness (QED) is 0.498. The highest BCUT2D eigenvalue weighted by Crippen LogP contribution is 2.17. The van der Waals surface area contributed by atoms with Gasteiger partial charge in [-0.3, -0.25) is 9.59 Å². The maximum absolute atomic E-state index is 13.2. The van der Waals surface area contributed by atoms with Crippen molar-refractivity contribution in [3.63, 3.8) is 0 Å². The Hall–Kier alpha value is -2.82. The summed E-state index contributed by atoms with van der Waals surface area (Å²) < 4.78 is 5.77. The first-order valence-corrected chi connectivity index (χ1v) is 11.3. The molecule has 0 aliphatic rings. The van der Waals surface area contributed by atoms with E-state index in [2.05, 4.69) is 5.32 Å². The SMILES string of the molecule is CCCNC(=O)[C@@H](CC)N(Cc1ccccc1C)C(=O)CCCOc1ccc(C)cc1. The fourth-order valence-corrected chi connectivity index (χ4v) is 3.45. The van der Waals surface area contributed by atoms with E-state index in [1.807, 2.05) is 76.2 Å². The van der Waals surface area contributed by atoms with Gasteiger partial charge in [0, 0.05) is 19.5 Å². The summed E-state index contributed by atoms with van der Waals surface area (Å²) in [7, 11) is 0. The van der Waals surface area contributed by atoms with Crippen molar-refractivity contribution in [2.45, 2.75) is 66.0 Å². The molecule has 0 heterocycles.